The van der Waals surface area contributed by atoms with E-state index in [4.69, 9.17) is 0 Å². The van der Waals surface area contributed by atoms with Gasteiger partial charge in [-0.05, 0) is 19.1 Å². The van der Waals surface area contributed by atoms with Crippen LogP contribution >= 0.6 is 0 Å². The molecular formula is C11H13N5O. The monoisotopic (exact) mass is 231 g/mol. The molecule has 0 aliphatic heterocycles. The van der Waals surface area contributed by atoms with Crippen LogP contribution in [-0.4, -0.2) is 27.6 Å². The average Bonchev–Trinajstić information content (AvgIpc) is 2.82. The average molecular weight is 231 g/mol. The van der Waals surface area contributed by atoms with E-state index in [1.165, 1.54) is 0 Å². The third-order valence-electron chi connectivity index (χ3n) is 2.08. The Bertz CT molecular complexity index is 494. The number of hydrogen-bond donors (Lipinski definition) is 3. The van der Waals surface area contributed by atoms with Gasteiger partial charge in [0, 0.05) is 18.8 Å². The predicted molar refractivity (Wildman–Crippen MR) is 64.1 cm³/mol. The molecule has 0 fully saturated rings. The van der Waals surface area contributed by atoms with Crippen LogP contribution in [0.5, 0.6) is 0 Å². The molecule has 0 spiro atoms. The summed E-state index contributed by atoms with van der Waals surface area (Å²) in [6.45, 7) is 2.45. The summed E-state index contributed by atoms with van der Waals surface area (Å²) in [5, 5.41) is 12.3. The fourth-order valence-electron chi connectivity index (χ4n) is 1.34. The number of nitrogens with zero attached hydrogens (tertiary/aromatic N) is 2. The molecule has 2 aromatic heterocycles. The van der Waals surface area contributed by atoms with Crippen LogP contribution in [0.4, 0.5) is 11.6 Å². The molecule has 3 N–H and O–H groups in total. The van der Waals surface area contributed by atoms with Crippen molar-refractivity contribution in [2.45, 2.75) is 6.92 Å². The normalized spacial score (nSPS) is 9.94. The molecule has 2 heterocycles. The summed E-state index contributed by atoms with van der Waals surface area (Å²) < 4.78 is 0. The number of amides is 1. The second kappa shape index (κ2) is 5.11. The van der Waals surface area contributed by atoms with Crippen molar-refractivity contribution in [3.63, 3.8) is 0 Å². The van der Waals surface area contributed by atoms with Gasteiger partial charge >= 0.3 is 0 Å². The van der Waals surface area contributed by atoms with E-state index in [-0.39, 0.29) is 5.91 Å². The minimum Gasteiger partial charge on any atom is -0.351 e. The summed E-state index contributed by atoms with van der Waals surface area (Å²) in [5.41, 5.74) is 0.382. The van der Waals surface area contributed by atoms with E-state index in [1.807, 2.05) is 6.92 Å². The zero-order chi connectivity index (χ0) is 12.1. The van der Waals surface area contributed by atoms with Gasteiger partial charge in [0.25, 0.3) is 5.91 Å². The highest BCUT2D eigenvalue weighted by molar-refractivity contribution is 5.92. The molecule has 6 heteroatoms. The van der Waals surface area contributed by atoms with Crippen molar-refractivity contribution in [2.24, 2.45) is 0 Å². The SMILES string of the molecule is CCNC(=O)c1cccc(Nc2cc[nH]n2)n1. The lowest BCUT2D eigenvalue weighted by Gasteiger charge is -2.05. The lowest BCUT2D eigenvalue weighted by Crippen LogP contribution is -2.23. The minimum atomic E-state index is -0.182. The Morgan fingerprint density at radius 2 is 2.24 bits per heavy atom. The van der Waals surface area contributed by atoms with Crippen molar-refractivity contribution in [3.8, 4) is 0 Å². The molecule has 6 nitrogen and oxygen atoms in total. The molecule has 0 saturated heterocycles. The first kappa shape index (κ1) is 11.1. The van der Waals surface area contributed by atoms with Crippen LogP contribution in [-0.2, 0) is 0 Å². The Morgan fingerprint density at radius 3 is 2.94 bits per heavy atom. The second-order valence-electron chi connectivity index (χ2n) is 3.35. The van der Waals surface area contributed by atoms with E-state index in [9.17, 15) is 4.79 Å². The first-order valence-electron chi connectivity index (χ1n) is 5.31. The van der Waals surface area contributed by atoms with Crippen LogP contribution in [0.25, 0.3) is 0 Å². The molecule has 0 radical (unpaired) electrons. The molecule has 0 aliphatic carbocycles. The Balaban J connectivity index is 2.14. The fourth-order valence-corrected chi connectivity index (χ4v) is 1.34. The second-order valence-corrected chi connectivity index (χ2v) is 3.35. The van der Waals surface area contributed by atoms with Gasteiger partial charge in [-0.3, -0.25) is 9.89 Å². The quantitative estimate of drug-likeness (QED) is 0.740. The van der Waals surface area contributed by atoms with Gasteiger partial charge in [0.2, 0.25) is 0 Å². The molecule has 2 rings (SSSR count). The fraction of sp³-hybridized carbons (Fsp3) is 0.182. The Morgan fingerprint density at radius 1 is 1.35 bits per heavy atom. The topological polar surface area (TPSA) is 82.7 Å². The van der Waals surface area contributed by atoms with Crippen LogP contribution in [0, 0.1) is 0 Å². The van der Waals surface area contributed by atoms with Crippen molar-refractivity contribution in [3.05, 3.63) is 36.2 Å². The Kier molecular flexibility index (Phi) is 3.34. The Hall–Kier alpha value is -2.37. The first-order valence-corrected chi connectivity index (χ1v) is 5.31. The van der Waals surface area contributed by atoms with Crippen molar-refractivity contribution in [1.82, 2.24) is 20.5 Å². The van der Waals surface area contributed by atoms with Crippen molar-refractivity contribution in [2.75, 3.05) is 11.9 Å². The summed E-state index contributed by atoms with van der Waals surface area (Å²) in [4.78, 5) is 15.8. The maximum absolute atomic E-state index is 11.6. The van der Waals surface area contributed by atoms with Crippen LogP contribution in [0.2, 0.25) is 0 Å². The maximum Gasteiger partial charge on any atom is 0.269 e. The zero-order valence-corrected chi connectivity index (χ0v) is 9.40. The number of aromatic nitrogens is 3. The number of hydrogen-bond acceptors (Lipinski definition) is 4. The van der Waals surface area contributed by atoms with Crippen molar-refractivity contribution in [1.29, 1.82) is 0 Å². The molecular weight excluding hydrogens is 218 g/mol. The molecule has 88 valence electrons. The summed E-state index contributed by atoms with van der Waals surface area (Å²) in [6.07, 6.45) is 1.70. The minimum absolute atomic E-state index is 0.182. The number of nitrogens with one attached hydrogen (secondary N) is 3. The summed E-state index contributed by atoms with van der Waals surface area (Å²) in [6, 6.07) is 6.99. The van der Waals surface area contributed by atoms with Gasteiger partial charge in [0.05, 0.1) is 0 Å². The summed E-state index contributed by atoms with van der Waals surface area (Å²) in [5.74, 6) is 1.06. The van der Waals surface area contributed by atoms with Gasteiger partial charge in [-0.15, -0.1) is 0 Å². The Labute approximate surface area is 98.5 Å². The van der Waals surface area contributed by atoms with Gasteiger partial charge in [0.15, 0.2) is 5.82 Å². The number of anilines is 2. The third-order valence-corrected chi connectivity index (χ3v) is 2.08. The maximum atomic E-state index is 11.6. The zero-order valence-electron chi connectivity index (χ0n) is 9.40. The lowest BCUT2D eigenvalue weighted by molar-refractivity contribution is 0.0951. The van der Waals surface area contributed by atoms with Gasteiger partial charge in [0.1, 0.15) is 11.5 Å². The van der Waals surface area contributed by atoms with E-state index in [1.54, 1.807) is 30.5 Å². The molecule has 2 aromatic rings. The summed E-state index contributed by atoms with van der Waals surface area (Å²) in [7, 11) is 0. The number of aromatic amines is 1. The molecule has 0 aromatic carbocycles. The smallest absolute Gasteiger partial charge is 0.269 e. The number of pyridine rings is 1. The van der Waals surface area contributed by atoms with Gasteiger partial charge < -0.3 is 10.6 Å². The molecule has 1 amide bonds. The van der Waals surface area contributed by atoms with Crippen LogP contribution in [0.3, 0.4) is 0 Å². The highest BCUT2D eigenvalue weighted by Crippen LogP contribution is 2.11. The van der Waals surface area contributed by atoms with Gasteiger partial charge in [-0.2, -0.15) is 5.10 Å². The molecule has 0 saturated carbocycles. The number of carbonyl (C=O) groups excluding carboxylic acids is 1. The van der Waals surface area contributed by atoms with E-state index in [2.05, 4.69) is 25.8 Å². The largest absolute Gasteiger partial charge is 0.351 e. The number of carbonyl (C=O) groups is 1. The standard InChI is InChI=1S/C11H13N5O/c1-2-12-11(17)8-4-3-5-9(14-8)15-10-6-7-13-16-10/h3-7H,2H2,1H3,(H,12,17)(H2,13,14,15,16). The lowest BCUT2D eigenvalue weighted by atomic mass is 10.3. The highest BCUT2D eigenvalue weighted by atomic mass is 16.1. The number of rotatable bonds is 4. The van der Waals surface area contributed by atoms with Gasteiger partial charge in [-0.25, -0.2) is 4.98 Å². The van der Waals surface area contributed by atoms with Gasteiger partial charge in [-0.1, -0.05) is 6.07 Å². The van der Waals surface area contributed by atoms with Crippen molar-refractivity contribution < 1.29 is 4.79 Å². The molecule has 0 unspecified atom stereocenters. The van der Waals surface area contributed by atoms with Crippen LogP contribution in [0.1, 0.15) is 17.4 Å². The van der Waals surface area contributed by atoms with E-state index >= 15 is 0 Å². The molecule has 0 bridgehead atoms. The van der Waals surface area contributed by atoms with Crippen LogP contribution < -0.4 is 10.6 Å². The van der Waals surface area contributed by atoms with Crippen molar-refractivity contribution >= 4 is 17.5 Å². The molecule has 0 atom stereocenters. The molecule has 17 heavy (non-hydrogen) atoms. The van der Waals surface area contributed by atoms with E-state index < -0.39 is 0 Å². The predicted octanol–water partition coefficient (Wildman–Crippen LogP) is 1.30. The summed E-state index contributed by atoms with van der Waals surface area (Å²) >= 11 is 0. The first-order chi connectivity index (χ1) is 8.29. The van der Waals surface area contributed by atoms with E-state index in [0.29, 0.717) is 23.9 Å². The van der Waals surface area contributed by atoms with E-state index in [0.717, 1.165) is 0 Å². The highest BCUT2D eigenvalue weighted by Gasteiger charge is 2.06. The van der Waals surface area contributed by atoms with Crippen LogP contribution in [0.15, 0.2) is 30.5 Å². The third kappa shape index (κ3) is 2.81. The number of H-pyrrole nitrogens is 1. The molecule has 0 aliphatic rings.